The summed E-state index contributed by atoms with van der Waals surface area (Å²) >= 11 is 1.50. The van der Waals surface area contributed by atoms with E-state index in [1.807, 2.05) is 22.4 Å². The van der Waals surface area contributed by atoms with Crippen LogP contribution in [0.25, 0.3) is 0 Å². The van der Waals surface area contributed by atoms with Crippen molar-refractivity contribution in [3.63, 3.8) is 0 Å². The fourth-order valence-corrected chi connectivity index (χ4v) is 4.99. The Bertz CT molecular complexity index is 603. The molecule has 1 atom stereocenters. The summed E-state index contributed by atoms with van der Waals surface area (Å²) in [5.41, 5.74) is 0. The normalized spacial score (nSPS) is 20.2. The van der Waals surface area contributed by atoms with Gasteiger partial charge in [0.2, 0.25) is 5.91 Å². The first kappa shape index (κ1) is 20.3. The monoisotopic (exact) mass is 391 g/mol. The number of hydrogen-bond acceptors (Lipinski definition) is 4. The van der Waals surface area contributed by atoms with Gasteiger partial charge in [0.1, 0.15) is 0 Å². The van der Waals surface area contributed by atoms with E-state index in [0.29, 0.717) is 24.9 Å². The van der Waals surface area contributed by atoms with E-state index in [1.165, 1.54) is 24.2 Å². The molecule has 1 saturated heterocycles. The Labute approximate surface area is 167 Å². The van der Waals surface area contributed by atoms with Crippen LogP contribution < -0.4 is 5.32 Å². The minimum atomic E-state index is -0.0290. The topological polar surface area (TPSA) is 52.7 Å². The maximum Gasteiger partial charge on any atom is 0.264 e. The number of amides is 2. The zero-order valence-electron chi connectivity index (χ0n) is 16.7. The zero-order chi connectivity index (χ0) is 19.2. The first-order valence-electron chi connectivity index (χ1n) is 10.4. The summed E-state index contributed by atoms with van der Waals surface area (Å²) < 4.78 is 0. The highest BCUT2D eigenvalue weighted by molar-refractivity contribution is 7.12. The summed E-state index contributed by atoms with van der Waals surface area (Å²) in [6.07, 6.45) is 5.79. The van der Waals surface area contributed by atoms with E-state index < -0.39 is 0 Å². The van der Waals surface area contributed by atoms with Gasteiger partial charge in [0.15, 0.2) is 0 Å². The van der Waals surface area contributed by atoms with E-state index >= 15 is 0 Å². The van der Waals surface area contributed by atoms with Crippen molar-refractivity contribution in [1.29, 1.82) is 0 Å². The average Bonchev–Trinajstić information content (AvgIpc) is 3.36. The van der Waals surface area contributed by atoms with Crippen molar-refractivity contribution in [2.75, 3.05) is 32.7 Å². The second-order valence-electron chi connectivity index (χ2n) is 8.27. The molecule has 3 rings (SSSR count). The molecule has 2 amide bonds. The van der Waals surface area contributed by atoms with Crippen molar-refractivity contribution in [2.45, 2.75) is 52.0 Å². The number of nitrogens with zero attached hydrogens (tertiary/aromatic N) is 2. The molecule has 1 aromatic rings. The van der Waals surface area contributed by atoms with Crippen LogP contribution in [-0.2, 0) is 4.79 Å². The molecule has 0 radical (unpaired) electrons. The molecule has 0 spiro atoms. The molecule has 6 heteroatoms. The largest absolute Gasteiger partial charge is 0.355 e. The zero-order valence-corrected chi connectivity index (χ0v) is 17.5. The van der Waals surface area contributed by atoms with Crippen molar-refractivity contribution < 1.29 is 9.59 Å². The van der Waals surface area contributed by atoms with E-state index in [0.717, 1.165) is 43.8 Å². The number of nitrogens with one attached hydrogen (secondary N) is 1. The first-order chi connectivity index (χ1) is 13.1. The van der Waals surface area contributed by atoms with Gasteiger partial charge in [0.05, 0.1) is 10.9 Å². The van der Waals surface area contributed by atoms with Crippen LogP contribution in [0.1, 0.15) is 55.6 Å². The Morgan fingerprint density at radius 2 is 1.89 bits per heavy atom. The van der Waals surface area contributed by atoms with Gasteiger partial charge in [-0.1, -0.05) is 32.8 Å². The van der Waals surface area contributed by atoms with Crippen LogP contribution in [0, 0.1) is 11.8 Å². The Morgan fingerprint density at radius 1 is 1.19 bits per heavy atom. The van der Waals surface area contributed by atoms with Gasteiger partial charge >= 0.3 is 0 Å². The van der Waals surface area contributed by atoms with Crippen LogP contribution in [0.15, 0.2) is 17.5 Å². The number of piperazine rings is 1. The number of rotatable bonds is 7. The van der Waals surface area contributed by atoms with Crippen molar-refractivity contribution >= 4 is 23.2 Å². The molecule has 1 aromatic heterocycles. The molecular weight excluding hydrogens is 358 g/mol. The lowest BCUT2D eigenvalue weighted by Gasteiger charge is -2.40. The lowest BCUT2D eigenvalue weighted by Crippen LogP contribution is -2.58. The quantitative estimate of drug-likeness (QED) is 0.776. The average molecular weight is 392 g/mol. The Morgan fingerprint density at radius 3 is 2.48 bits per heavy atom. The van der Waals surface area contributed by atoms with Crippen molar-refractivity contribution in [1.82, 2.24) is 15.1 Å². The van der Waals surface area contributed by atoms with Crippen LogP contribution in [0.4, 0.5) is 0 Å². The molecule has 5 nitrogen and oxygen atoms in total. The second kappa shape index (κ2) is 9.69. The summed E-state index contributed by atoms with van der Waals surface area (Å²) in [4.78, 5) is 30.6. The first-order valence-corrected chi connectivity index (χ1v) is 11.3. The number of thiophene rings is 1. The van der Waals surface area contributed by atoms with Crippen LogP contribution >= 0.6 is 11.3 Å². The van der Waals surface area contributed by atoms with Crippen molar-refractivity contribution in [3.8, 4) is 0 Å². The highest BCUT2D eigenvalue weighted by Crippen LogP contribution is 2.31. The number of carbonyl (C=O) groups is 2. The predicted octanol–water partition coefficient (Wildman–Crippen LogP) is 3.23. The van der Waals surface area contributed by atoms with Gasteiger partial charge in [-0.2, -0.15) is 0 Å². The highest BCUT2D eigenvalue weighted by Gasteiger charge is 2.37. The molecule has 2 fully saturated rings. The third kappa shape index (κ3) is 5.32. The van der Waals surface area contributed by atoms with E-state index in [2.05, 4.69) is 24.1 Å². The molecule has 1 aliphatic heterocycles. The van der Waals surface area contributed by atoms with Gasteiger partial charge in [0, 0.05) is 32.7 Å². The van der Waals surface area contributed by atoms with Gasteiger partial charge in [0.25, 0.3) is 5.91 Å². The molecular formula is C21H33N3O2S. The smallest absolute Gasteiger partial charge is 0.264 e. The molecule has 0 bridgehead atoms. The molecule has 27 heavy (non-hydrogen) atoms. The Kier molecular flexibility index (Phi) is 7.30. The molecule has 150 valence electrons. The SMILES string of the molecule is CC(C)CCNC(=O)C(C1CCCC1)N1CCN(C(=O)c2cccs2)CC1. The van der Waals surface area contributed by atoms with Gasteiger partial charge in [-0.25, -0.2) is 0 Å². The van der Waals surface area contributed by atoms with Crippen LogP contribution in [0.2, 0.25) is 0 Å². The molecule has 1 unspecified atom stereocenters. The predicted molar refractivity (Wildman–Crippen MR) is 110 cm³/mol. The highest BCUT2D eigenvalue weighted by atomic mass is 32.1. The van der Waals surface area contributed by atoms with Crippen LogP contribution in [0.5, 0.6) is 0 Å². The van der Waals surface area contributed by atoms with Gasteiger partial charge < -0.3 is 10.2 Å². The minimum Gasteiger partial charge on any atom is -0.355 e. The molecule has 1 N–H and O–H groups in total. The van der Waals surface area contributed by atoms with E-state index in [9.17, 15) is 9.59 Å². The lowest BCUT2D eigenvalue weighted by molar-refractivity contribution is -0.129. The van der Waals surface area contributed by atoms with Crippen LogP contribution in [0.3, 0.4) is 0 Å². The lowest BCUT2D eigenvalue weighted by atomic mass is 9.94. The van der Waals surface area contributed by atoms with Crippen molar-refractivity contribution in [3.05, 3.63) is 22.4 Å². The van der Waals surface area contributed by atoms with E-state index in [1.54, 1.807) is 0 Å². The summed E-state index contributed by atoms with van der Waals surface area (Å²) in [6, 6.07) is 3.79. The molecule has 1 aliphatic carbocycles. The third-order valence-electron chi connectivity index (χ3n) is 5.86. The maximum atomic E-state index is 13.0. The van der Waals surface area contributed by atoms with Crippen LogP contribution in [-0.4, -0.2) is 60.4 Å². The van der Waals surface area contributed by atoms with E-state index in [4.69, 9.17) is 0 Å². The Hall–Kier alpha value is -1.40. The second-order valence-corrected chi connectivity index (χ2v) is 9.22. The van der Waals surface area contributed by atoms with Gasteiger partial charge in [-0.15, -0.1) is 11.3 Å². The minimum absolute atomic E-state index is 0.0290. The summed E-state index contributed by atoms with van der Waals surface area (Å²) in [5.74, 6) is 1.38. The summed E-state index contributed by atoms with van der Waals surface area (Å²) in [7, 11) is 0. The number of hydrogen-bond donors (Lipinski definition) is 1. The maximum absolute atomic E-state index is 13.0. The summed E-state index contributed by atoms with van der Waals surface area (Å²) in [5, 5.41) is 5.13. The Balaban J connectivity index is 1.58. The van der Waals surface area contributed by atoms with E-state index in [-0.39, 0.29) is 17.9 Å². The summed E-state index contributed by atoms with van der Waals surface area (Å²) in [6.45, 7) is 8.12. The fourth-order valence-electron chi connectivity index (χ4n) is 4.30. The van der Waals surface area contributed by atoms with Gasteiger partial charge in [-0.05, 0) is 42.5 Å². The fraction of sp³-hybridized carbons (Fsp3) is 0.714. The van der Waals surface area contributed by atoms with Crippen molar-refractivity contribution in [2.24, 2.45) is 11.8 Å². The molecule has 1 saturated carbocycles. The molecule has 2 heterocycles. The molecule has 0 aromatic carbocycles. The standard InChI is InChI=1S/C21H33N3O2S/c1-16(2)9-10-22-20(25)19(17-6-3-4-7-17)23-11-13-24(14-12-23)21(26)18-8-5-15-27-18/h5,8,15-17,19H,3-4,6-7,9-14H2,1-2H3,(H,22,25). The number of carbonyl (C=O) groups excluding carboxylic acids is 2. The van der Waals surface area contributed by atoms with Gasteiger partial charge in [-0.3, -0.25) is 14.5 Å². The third-order valence-corrected chi connectivity index (χ3v) is 6.72. The molecule has 2 aliphatic rings.